The Labute approximate surface area is 143 Å². The number of anilines is 1. The Balaban J connectivity index is 2.22. The Kier molecular flexibility index (Phi) is 4.97. The average molecular weight is 338 g/mol. The average Bonchev–Trinajstić information content (AvgIpc) is 3.04. The Morgan fingerprint density at radius 1 is 1.38 bits per heavy atom. The third-order valence-electron chi connectivity index (χ3n) is 4.14. The van der Waals surface area contributed by atoms with Gasteiger partial charge in [0.25, 0.3) is 0 Å². The number of aliphatic hydroxyl groups excluding tert-OH is 1. The van der Waals surface area contributed by atoms with E-state index in [1.807, 2.05) is 31.5 Å². The SMILES string of the molecule is CC(C)(C)c1cc(NC(=O)N[C@]2(CO)CCOC2)n(C(C)(C)C)n1. The number of aliphatic hydroxyl groups is 1. The first-order chi connectivity index (χ1) is 11.0. The van der Waals surface area contributed by atoms with Gasteiger partial charge in [-0.25, -0.2) is 9.48 Å². The number of urea groups is 1. The van der Waals surface area contributed by atoms with Crippen LogP contribution in [0, 0.1) is 0 Å². The van der Waals surface area contributed by atoms with Crippen molar-refractivity contribution in [1.82, 2.24) is 15.1 Å². The van der Waals surface area contributed by atoms with E-state index < -0.39 is 5.54 Å². The van der Waals surface area contributed by atoms with Gasteiger partial charge >= 0.3 is 6.03 Å². The van der Waals surface area contributed by atoms with Gasteiger partial charge in [-0.05, 0) is 27.2 Å². The molecule has 1 fully saturated rings. The largest absolute Gasteiger partial charge is 0.394 e. The number of hydrogen-bond donors (Lipinski definition) is 3. The van der Waals surface area contributed by atoms with Crippen molar-refractivity contribution in [3.8, 4) is 0 Å². The second-order valence-electron chi connectivity index (χ2n) is 8.57. The van der Waals surface area contributed by atoms with E-state index in [9.17, 15) is 9.90 Å². The number of carbonyl (C=O) groups is 1. The Bertz CT molecular complexity index is 590. The zero-order valence-electron chi connectivity index (χ0n) is 15.6. The lowest BCUT2D eigenvalue weighted by atomic mass is 9.92. The van der Waals surface area contributed by atoms with Crippen LogP contribution in [0.25, 0.3) is 0 Å². The van der Waals surface area contributed by atoms with Gasteiger partial charge in [0.1, 0.15) is 5.82 Å². The molecule has 24 heavy (non-hydrogen) atoms. The van der Waals surface area contributed by atoms with E-state index in [4.69, 9.17) is 4.74 Å². The van der Waals surface area contributed by atoms with Crippen LogP contribution < -0.4 is 10.6 Å². The van der Waals surface area contributed by atoms with E-state index in [0.29, 0.717) is 25.5 Å². The highest BCUT2D eigenvalue weighted by Gasteiger charge is 2.36. The minimum atomic E-state index is -0.705. The number of nitrogens with one attached hydrogen (secondary N) is 2. The molecule has 7 nitrogen and oxygen atoms in total. The summed E-state index contributed by atoms with van der Waals surface area (Å²) in [5.74, 6) is 0.636. The Morgan fingerprint density at radius 2 is 2.04 bits per heavy atom. The lowest BCUT2D eigenvalue weighted by molar-refractivity contribution is 0.126. The molecule has 1 aromatic rings. The minimum absolute atomic E-state index is 0.116. The first-order valence-corrected chi connectivity index (χ1v) is 8.36. The summed E-state index contributed by atoms with van der Waals surface area (Å²) in [5.41, 5.74) is -0.177. The molecule has 0 aliphatic carbocycles. The third kappa shape index (κ3) is 4.08. The van der Waals surface area contributed by atoms with Crippen molar-refractivity contribution in [2.45, 2.75) is 64.5 Å². The Morgan fingerprint density at radius 3 is 2.50 bits per heavy atom. The van der Waals surface area contributed by atoms with Gasteiger partial charge in [-0.15, -0.1) is 0 Å². The summed E-state index contributed by atoms with van der Waals surface area (Å²) in [6, 6.07) is 1.54. The smallest absolute Gasteiger partial charge is 0.320 e. The summed E-state index contributed by atoms with van der Waals surface area (Å²) < 4.78 is 7.13. The van der Waals surface area contributed by atoms with Crippen molar-refractivity contribution < 1.29 is 14.6 Å². The van der Waals surface area contributed by atoms with Crippen molar-refractivity contribution in [2.75, 3.05) is 25.1 Å². The molecule has 1 aliphatic rings. The number of hydrogen-bond acceptors (Lipinski definition) is 4. The fraction of sp³-hybridized carbons (Fsp3) is 0.765. The van der Waals surface area contributed by atoms with Gasteiger partial charge < -0.3 is 15.2 Å². The molecule has 1 aromatic heterocycles. The number of amides is 2. The molecule has 2 heterocycles. The van der Waals surface area contributed by atoms with Crippen molar-refractivity contribution in [3.63, 3.8) is 0 Å². The normalized spacial score (nSPS) is 21.8. The fourth-order valence-corrected chi connectivity index (χ4v) is 2.61. The van der Waals surface area contributed by atoms with Crippen LogP contribution in [0.1, 0.15) is 53.7 Å². The van der Waals surface area contributed by atoms with Gasteiger partial charge in [0, 0.05) is 18.1 Å². The molecule has 3 N–H and O–H groups in total. The quantitative estimate of drug-likeness (QED) is 0.788. The second kappa shape index (κ2) is 6.37. The van der Waals surface area contributed by atoms with Crippen LogP contribution >= 0.6 is 0 Å². The topological polar surface area (TPSA) is 88.4 Å². The monoisotopic (exact) mass is 338 g/mol. The summed E-state index contributed by atoms with van der Waals surface area (Å²) in [4.78, 5) is 12.4. The summed E-state index contributed by atoms with van der Waals surface area (Å²) in [6.07, 6.45) is 0.600. The predicted octanol–water partition coefficient (Wildman–Crippen LogP) is 2.21. The van der Waals surface area contributed by atoms with Crippen LogP contribution in [0.2, 0.25) is 0 Å². The van der Waals surface area contributed by atoms with Gasteiger partial charge in [-0.1, -0.05) is 20.8 Å². The molecule has 0 aromatic carbocycles. The Hall–Kier alpha value is -1.60. The van der Waals surface area contributed by atoms with E-state index in [1.54, 1.807) is 0 Å². The summed E-state index contributed by atoms with van der Waals surface area (Å²) in [5, 5.41) is 20.0. The second-order valence-corrected chi connectivity index (χ2v) is 8.57. The number of nitrogens with zero attached hydrogens (tertiary/aromatic N) is 2. The first kappa shape index (κ1) is 18.7. The van der Waals surface area contributed by atoms with Crippen molar-refractivity contribution in [1.29, 1.82) is 0 Å². The van der Waals surface area contributed by atoms with Gasteiger partial charge in [-0.3, -0.25) is 5.32 Å². The molecular weight excluding hydrogens is 308 g/mol. The molecule has 1 aliphatic heterocycles. The molecule has 0 bridgehead atoms. The van der Waals surface area contributed by atoms with E-state index in [0.717, 1.165) is 5.69 Å². The lowest BCUT2D eigenvalue weighted by Crippen LogP contribution is -2.53. The maximum absolute atomic E-state index is 12.4. The van der Waals surface area contributed by atoms with E-state index >= 15 is 0 Å². The molecule has 0 spiro atoms. The van der Waals surface area contributed by atoms with E-state index in [-0.39, 0.29) is 23.6 Å². The molecule has 7 heteroatoms. The fourth-order valence-electron chi connectivity index (χ4n) is 2.61. The van der Waals surface area contributed by atoms with Crippen molar-refractivity contribution >= 4 is 11.8 Å². The zero-order chi connectivity index (χ0) is 18.2. The van der Waals surface area contributed by atoms with Crippen LogP contribution in [-0.2, 0) is 15.7 Å². The zero-order valence-corrected chi connectivity index (χ0v) is 15.6. The van der Waals surface area contributed by atoms with Gasteiger partial charge in [0.15, 0.2) is 0 Å². The minimum Gasteiger partial charge on any atom is -0.394 e. The van der Waals surface area contributed by atoms with Gasteiger partial charge in [-0.2, -0.15) is 5.10 Å². The maximum atomic E-state index is 12.4. The van der Waals surface area contributed by atoms with E-state index in [1.165, 1.54) is 0 Å². The predicted molar refractivity (Wildman–Crippen MR) is 93.3 cm³/mol. The molecule has 1 atom stereocenters. The van der Waals surface area contributed by atoms with Crippen molar-refractivity contribution in [2.24, 2.45) is 0 Å². The highest BCUT2D eigenvalue weighted by atomic mass is 16.5. The van der Waals surface area contributed by atoms with Crippen LogP contribution in [0.5, 0.6) is 0 Å². The highest BCUT2D eigenvalue weighted by molar-refractivity contribution is 5.89. The molecule has 0 radical (unpaired) electrons. The van der Waals surface area contributed by atoms with Crippen LogP contribution in [-0.4, -0.2) is 46.3 Å². The number of aromatic nitrogens is 2. The maximum Gasteiger partial charge on any atom is 0.320 e. The first-order valence-electron chi connectivity index (χ1n) is 8.36. The lowest BCUT2D eigenvalue weighted by Gasteiger charge is -2.27. The van der Waals surface area contributed by atoms with E-state index in [2.05, 4.69) is 36.5 Å². The number of rotatable bonds is 3. The van der Waals surface area contributed by atoms with Crippen LogP contribution in [0.3, 0.4) is 0 Å². The molecule has 2 amide bonds. The summed E-state index contributed by atoms with van der Waals surface area (Å²) in [7, 11) is 0. The summed E-state index contributed by atoms with van der Waals surface area (Å²) in [6.45, 7) is 13.1. The molecule has 2 rings (SSSR count). The highest BCUT2D eigenvalue weighted by Crippen LogP contribution is 2.28. The molecule has 136 valence electrons. The molecule has 0 unspecified atom stereocenters. The number of ether oxygens (including phenoxy) is 1. The van der Waals surface area contributed by atoms with Crippen LogP contribution in [0.4, 0.5) is 10.6 Å². The van der Waals surface area contributed by atoms with Crippen molar-refractivity contribution in [3.05, 3.63) is 11.8 Å². The van der Waals surface area contributed by atoms with Gasteiger partial charge in [0.05, 0.1) is 30.0 Å². The molecule has 1 saturated heterocycles. The molecular formula is C17H30N4O3. The van der Waals surface area contributed by atoms with Crippen LogP contribution in [0.15, 0.2) is 6.07 Å². The molecule has 0 saturated carbocycles. The standard InChI is InChI=1S/C17H30N4O3/c1-15(2,3)12-9-13(21(20-12)16(4,5)6)18-14(23)19-17(10-22)7-8-24-11-17/h9,22H,7-8,10-11H2,1-6H3,(H2,18,19,23)/t17-/m0/s1. The summed E-state index contributed by atoms with van der Waals surface area (Å²) >= 11 is 0. The number of carbonyl (C=O) groups excluding carboxylic acids is 1. The van der Waals surface area contributed by atoms with Gasteiger partial charge in [0.2, 0.25) is 0 Å². The third-order valence-corrected chi connectivity index (χ3v) is 4.14.